The van der Waals surface area contributed by atoms with Gasteiger partial charge in [-0.1, -0.05) is 66.7 Å². The first-order valence-corrected chi connectivity index (χ1v) is 17.1. The number of carbonyl (C=O) groups excluding carboxylic acids is 6. The third-order valence-corrected chi connectivity index (χ3v) is 10.9. The maximum atomic E-state index is 14.3. The van der Waals surface area contributed by atoms with Crippen molar-refractivity contribution >= 4 is 35.5 Å². The number of ketones is 1. The van der Waals surface area contributed by atoms with Crippen molar-refractivity contribution < 1.29 is 38.2 Å². The van der Waals surface area contributed by atoms with Crippen LogP contribution in [-0.4, -0.2) is 83.8 Å². The smallest absolute Gasteiger partial charge is 0.332 e. The summed E-state index contributed by atoms with van der Waals surface area (Å²) >= 11 is 0. The lowest BCUT2D eigenvalue weighted by atomic mass is 9.81. The van der Waals surface area contributed by atoms with Gasteiger partial charge in [-0.2, -0.15) is 0 Å². The standard InChI is InChI=1S/C34H51N5O8/c1-32(2,3)26(37-31(45)38-34(13-7-6-8-14-34)30(44)47-18-20-10-9-15-46-20)29(43)39-17-21-23(33(21,4)5)24(39)28(42)36-22(16-19-11-12-19)25(40)27(35)41/h10,19,21-24,26H,6-9,11-18H2,1-5H3,(H2,35,41)(H,36,42)(H2,37,38,45)/t21-,22?,23-,24-,26+/m0/s1. The quantitative estimate of drug-likeness (QED) is 0.181. The largest absolute Gasteiger partial charge is 0.494 e. The lowest BCUT2D eigenvalue weighted by Gasteiger charge is -2.39. The number of ether oxygens (including phenoxy) is 2. The van der Waals surface area contributed by atoms with E-state index in [9.17, 15) is 28.8 Å². The Hall–Kier alpha value is -3.64. The number of hydrogen-bond acceptors (Lipinski definition) is 8. The molecule has 3 aliphatic carbocycles. The van der Waals surface area contributed by atoms with Crippen molar-refractivity contribution in [2.45, 2.75) is 116 Å². The van der Waals surface area contributed by atoms with Gasteiger partial charge in [-0.25, -0.2) is 9.59 Å². The molecule has 4 fully saturated rings. The Balaban J connectivity index is 1.31. The zero-order chi connectivity index (χ0) is 34.3. The topological polar surface area (TPSA) is 186 Å². The van der Waals surface area contributed by atoms with E-state index in [-0.39, 0.29) is 29.8 Å². The lowest BCUT2D eigenvalue weighted by molar-refractivity contribution is -0.152. The Kier molecular flexibility index (Phi) is 9.67. The number of carbonyl (C=O) groups is 6. The second-order valence-corrected chi connectivity index (χ2v) is 15.8. The van der Waals surface area contributed by atoms with Crippen LogP contribution in [-0.2, 0) is 33.4 Å². The molecule has 47 heavy (non-hydrogen) atoms. The van der Waals surface area contributed by atoms with Crippen LogP contribution in [0.4, 0.5) is 4.79 Å². The molecule has 13 heteroatoms. The Morgan fingerprint density at radius 1 is 1.06 bits per heavy atom. The van der Waals surface area contributed by atoms with Gasteiger partial charge in [-0.05, 0) is 53.9 Å². The van der Waals surface area contributed by atoms with E-state index in [4.69, 9.17) is 15.2 Å². The fraction of sp³-hybridized carbons (Fsp3) is 0.765. The average Bonchev–Trinajstić information content (AvgIpc) is 3.71. The van der Waals surface area contributed by atoms with Gasteiger partial charge in [-0.15, -0.1) is 0 Å². The second-order valence-electron chi connectivity index (χ2n) is 15.8. The summed E-state index contributed by atoms with van der Waals surface area (Å²) in [4.78, 5) is 81.2. The number of nitrogens with two attached hydrogens (primary N) is 1. The summed E-state index contributed by atoms with van der Waals surface area (Å²) in [5, 5.41) is 8.49. The summed E-state index contributed by atoms with van der Waals surface area (Å²) < 4.78 is 11.0. The molecule has 0 radical (unpaired) electrons. The maximum absolute atomic E-state index is 14.3. The third-order valence-electron chi connectivity index (χ3n) is 10.9. The third kappa shape index (κ3) is 7.43. The van der Waals surface area contributed by atoms with E-state index in [1.807, 2.05) is 40.7 Å². The molecule has 0 aromatic carbocycles. The summed E-state index contributed by atoms with van der Waals surface area (Å²) in [6.07, 6.45) is 8.00. The van der Waals surface area contributed by atoms with Crippen molar-refractivity contribution in [3.8, 4) is 0 Å². The molecule has 0 aromatic rings. The molecule has 5 atom stereocenters. The van der Waals surface area contributed by atoms with E-state index in [1.165, 1.54) is 4.90 Å². The maximum Gasteiger partial charge on any atom is 0.332 e. The van der Waals surface area contributed by atoms with Crippen molar-refractivity contribution in [2.24, 2.45) is 34.3 Å². The van der Waals surface area contributed by atoms with E-state index in [0.29, 0.717) is 38.2 Å². The van der Waals surface area contributed by atoms with Gasteiger partial charge in [0.1, 0.15) is 30.0 Å². The zero-order valence-electron chi connectivity index (χ0n) is 28.3. The summed E-state index contributed by atoms with van der Waals surface area (Å²) in [7, 11) is 0. The molecule has 5 aliphatic rings. The van der Waals surface area contributed by atoms with E-state index in [1.54, 1.807) is 0 Å². The summed E-state index contributed by atoms with van der Waals surface area (Å²) in [6.45, 7) is 10.4. The highest BCUT2D eigenvalue weighted by molar-refractivity contribution is 6.37. The van der Waals surface area contributed by atoms with Crippen LogP contribution in [0.1, 0.15) is 92.4 Å². The average molecular weight is 658 g/mol. The molecule has 0 bridgehead atoms. The Morgan fingerprint density at radius 3 is 2.32 bits per heavy atom. The van der Waals surface area contributed by atoms with Crippen LogP contribution in [0.3, 0.4) is 0 Å². The monoisotopic (exact) mass is 657 g/mol. The molecule has 260 valence electrons. The number of nitrogens with zero attached hydrogens (tertiary/aromatic N) is 1. The fourth-order valence-electron chi connectivity index (χ4n) is 7.74. The highest BCUT2D eigenvalue weighted by Crippen LogP contribution is 2.65. The molecular weight excluding hydrogens is 606 g/mol. The molecule has 3 saturated carbocycles. The molecule has 1 saturated heterocycles. The van der Waals surface area contributed by atoms with Gasteiger partial charge < -0.3 is 36.1 Å². The molecule has 0 aromatic heterocycles. The van der Waals surface area contributed by atoms with Gasteiger partial charge in [0, 0.05) is 13.0 Å². The summed E-state index contributed by atoms with van der Waals surface area (Å²) in [6, 6.07) is -3.64. The van der Waals surface area contributed by atoms with Crippen molar-refractivity contribution in [1.82, 2.24) is 20.9 Å². The van der Waals surface area contributed by atoms with E-state index in [0.717, 1.165) is 38.5 Å². The highest BCUT2D eigenvalue weighted by atomic mass is 16.6. The first kappa shape index (κ1) is 34.7. The number of piperidine rings is 1. The number of primary amides is 1. The SMILES string of the molecule is CC(C)(C)[C@H](NC(=O)NC1(C(=O)OCC2=CCCO2)CCCCC1)C(=O)N1C[C@H]2[C@@H]([C@H]1C(=O)NC(CC1CC1)C(=O)C(N)=O)C2(C)C. The second kappa shape index (κ2) is 13.1. The Morgan fingerprint density at radius 2 is 1.74 bits per heavy atom. The zero-order valence-corrected chi connectivity index (χ0v) is 28.3. The number of urea groups is 1. The summed E-state index contributed by atoms with van der Waals surface area (Å²) in [5.74, 6) is -2.67. The van der Waals surface area contributed by atoms with Gasteiger partial charge in [0.2, 0.25) is 17.6 Å². The first-order valence-electron chi connectivity index (χ1n) is 17.1. The van der Waals surface area contributed by atoms with Crippen LogP contribution in [0.5, 0.6) is 0 Å². The summed E-state index contributed by atoms with van der Waals surface area (Å²) in [5.41, 5.74) is 3.10. The van der Waals surface area contributed by atoms with Gasteiger partial charge in [0.05, 0.1) is 12.6 Å². The molecule has 5 rings (SSSR count). The van der Waals surface area contributed by atoms with Crippen molar-refractivity contribution in [3.05, 3.63) is 11.8 Å². The number of hydrogen-bond donors (Lipinski definition) is 4. The van der Waals surface area contributed by atoms with Gasteiger partial charge >= 0.3 is 12.0 Å². The number of likely N-dealkylation sites (tertiary alicyclic amines) is 1. The van der Waals surface area contributed by atoms with Crippen LogP contribution in [0, 0.1) is 28.6 Å². The van der Waals surface area contributed by atoms with Crippen molar-refractivity contribution in [1.29, 1.82) is 0 Å². The van der Waals surface area contributed by atoms with E-state index in [2.05, 4.69) is 16.0 Å². The molecular formula is C34H51N5O8. The number of esters is 1. The molecule has 5 N–H and O–H groups in total. The highest BCUT2D eigenvalue weighted by Gasteiger charge is 2.70. The number of Topliss-reactive ketones (excluding diaryl/α,β-unsaturated/α-hetero) is 1. The molecule has 1 unspecified atom stereocenters. The van der Waals surface area contributed by atoms with Crippen LogP contribution < -0.4 is 21.7 Å². The normalized spacial score (nSPS) is 26.9. The van der Waals surface area contributed by atoms with Crippen LogP contribution in [0.15, 0.2) is 11.8 Å². The minimum absolute atomic E-state index is 0.00334. The van der Waals surface area contributed by atoms with Crippen LogP contribution >= 0.6 is 0 Å². The molecule has 2 aliphatic heterocycles. The Labute approximate surface area is 276 Å². The van der Waals surface area contributed by atoms with Gasteiger partial charge in [-0.3, -0.25) is 19.2 Å². The minimum Gasteiger partial charge on any atom is -0.494 e. The first-order chi connectivity index (χ1) is 22.0. The number of amides is 5. The lowest BCUT2D eigenvalue weighted by Crippen LogP contribution is -2.64. The van der Waals surface area contributed by atoms with Crippen LogP contribution in [0.2, 0.25) is 0 Å². The van der Waals surface area contributed by atoms with Crippen LogP contribution in [0.25, 0.3) is 0 Å². The van der Waals surface area contributed by atoms with E-state index >= 15 is 0 Å². The van der Waals surface area contributed by atoms with E-state index < -0.39 is 64.6 Å². The van der Waals surface area contributed by atoms with Gasteiger partial charge in [0.25, 0.3) is 5.91 Å². The van der Waals surface area contributed by atoms with Crippen molar-refractivity contribution in [3.63, 3.8) is 0 Å². The van der Waals surface area contributed by atoms with Gasteiger partial charge in [0.15, 0.2) is 0 Å². The molecule has 13 nitrogen and oxygen atoms in total. The Bertz CT molecular complexity index is 1330. The predicted octanol–water partition coefficient (Wildman–Crippen LogP) is 2.07. The molecule has 0 spiro atoms. The molecule has 5 amide bonds. The number of nitrogens with one attached hydrogen (secondary N) is 3. The molecule has 2 heterocycles. The van der Waals surface area contributed by atoms with Crippen molar-refractivity contribution in [2.75, 3.05) is 19.8 Å². The predicted molar refractivity (Wildman–Crippen MR) is 170 cm³/mol. The minimum atomic E-state index is -1.24. The fourth-order valence-corrected chi connectivity index (χ4v) is 7.74. The number of fused-ring (bicyclic) bond motifs is 1. The number of rotatable bonds is 12.